The number of allylic oxidation sites excluding steroid dienone is 1. The van der Waals surface area contributed by atoms with Gasteiger partial charge in [0.25, 0.3) is 50.6 Å². The van der Waals surface area contributed by atoms with Gasteiger partial charge in [-0.25, -0.2) is 0 Å². The maximum atomic E-state index is 11.9. The van der Waals surface area contributed by atoms with Gasteiger partial charge >= 0.3 is 0 Å². The molecule has 0 aromatic rings. The van der Waals surface area contributed by atoms with E-state index in [1.807, 2.05) is 0 Å². The molecule has 29 heteroatoms. The predicted molar refractivity (Wildman–Crippen MR) is 335 cm³/mol. The van der Waals surface area contributed by atoms with E-state index in [0.29, 0.717) is 38.3 Å². The molecule has 5 rings (SSSR count). The van der Waals surface area contributed by atoms with Gasteiger partial charge in [0.1, 0.15) is 36.6 Å². The highest BCUT2D eigenvalue weighted by atomic mass is 32.2. The van der Waals surface area contributed by atoms with Crippen LogP contribution in [0.15, 0.2) is 11.6 Å². The van der Waals surface area contributed by atoms with Crippen molar-refractivity contribution >= 4 is 50.6 Å². The van der Waals surface area contributed by atoms with Gasteiger partial charge in [0.05, 0.1) is 96.8 Å². The molecule has 0 saturated heterocycles. The largest absolute Gasteiger partial charge is 0.379 e. The normalized spacial score (nSPS) is 29.8. The van der Waals surface area contributed by atoms with Crippen LogP contribution in [0.2, 0.25) is 0 Å². The molecule has 0 radical (unpaired) electrons. The highest BCUT2D eigenvalue weighted by Crippen LogP contribution is 2.67. The van der Waals surface area contributed by atoms with E-state index in [0.717, 1.165) is 86.0 Å². The summed E-state index contributed by atoms with van der Waals surface area (Å²) in [6.45, 7) is 12.5. The van der Waals surface area contributed by atoms with Crippen LogP contribution in [-0.4, -0.2) is 222 Å². The van der Waals surface area contributed by atoms with Crippen LogP contribution in [0.4, 0.5) is 0 Å². The Balaban J connectivity index is 1.21. The molecule has 4 saturated carbocycles. The van der Waals surface area contributed by atoms with Gasteiger partial charge in [-0.2, -0.15) is 42.1 Å². The summed E-state index contributed by atoms with van der Waals surface area (Å²) in [4.78, 5) is 0. The van der Waals surface area contributed by atoms with Crippen molar-refractivity contribution in [1.29, 1.82) is 0 Å². The predicted octanol–water partition coefficient (Wildman–Crippen LogP) is 6.99. The molecule has 5 aliphatic carbocycles. The molecule has 12 atom stereocenters. The Hall–Kier alpha value is -1.07. The molecule has 0 aromatic heterocycles. The highest BCUT2D eigenvalue weighted by Gasteiger charge is 2.59. The summed E-state index contributed by atoms with van der Waals surface area (Å²) in [6.07, 6.45) is 15.3. The van der Waals surface area contributed by atoms with Gasteiger partial charge < -0.3 is 42.6 Å². The minimum Gasteiger partial charge on any atom is -0.379 e. The molecule has 0 amide bonds. The van der Waals surface area contributed by atoms with Crippen LogP contribution >= 0.6 is 0 Å². The topological polar surface area (TPSA) is 300 Å². The Kier molecular flexibility index (Phi) is 33.1. The summed E-state index contributed by atoms with van der Waals surface area (Å²) in [5.41, 5.74) is 2.31. The van der Waals surface area contributed by atoms with E-state index in [4.69, 9.17) is 63.5 Å². The van der Waals surface area contributed by atoms with Gasteiger partial charge in [0.15, 0.2) is 0 Å². The Morgan fingerprint density at radius 2 is 0.798 bits per heavy atom. The number of rotatable bonds is 47. The maximum absolute atomic E-state index is 11.9. The van der Waals surface area contributed by atoms with Crippen LogP contribution in [-0.2, 0) is 114 Å². The van der Waals surface area contributed by atoms with E-state index in [1.54, 1.807) is 5.57 Å². The molecule has 0 N–H and O–H groups in total. The minimum absolute atomic E-state index is 0.0578. The van der Waals surface area contributed by atoms with Crippen molar-refractivity contribution in [3.05, 3.63) is 11.6 Å². The van der Waals surface area contributed by atoms with Crippen molar-refractivity contribution in [1.82, 2.24) is 0 Å². The Morgan fingerprint density at radius 1 is 0.416 bits per heavy atom. The third-order valence-electron chi connectivity index (χ3n) is 18.4. The van der Waals surface area contributed by atoms with Crippen molar-refractivity contribution in [2.24, 2.45) is 46.3 Å². The fourth-order valence-corrected chi connectivity index (χ4v) is 16.6. The first-order valence-electron chi connectivity index (χ1n) is 32.2. The Labute approximate surface area is 534 Å². The zero-order valence-corrected chi connectivity index (χ0v) is 58.8. The molecule has 0 heterocycles. The summed E-state index contributed by atoms with van der Waals surface area (Å²) in [6, 6.07) is 0. The van der Waals surface area contributed by atoms with E-state index in [2.05, 4.69) is 40.7 Å². The van der Waals surface area contributed by atoms with E-state index in [9.17, 15) is 42.1 Å². The van der Waals surface area contributed by atoms with Gasteiger partial charge in [-0.1, -0.05) is 65.5 Å². The van der Waals surface area contributed by atoms with E-state index >= 15 is 0 Å². The second-order valence-electron chi connectivity index (χ2n) is 26.0. The highest BCUT2D eigenvalue weighted by molar-refractivity contribution is 7.86. The average Bonchev–Trinajstić information content (AvgIpc) is 1.71. The van der Waals surface area contributed by atoms with Crippen molar-refractivity contribution in [3.8, 4) is 0 Å². The minimum atomic E-state index is -3.81. The lowest BCUT2D eigenvalue weighted by atomic mass is 9.47. The molecule has 4 fully saturated rings. The van der Waals surface area contributed by atoms with Crippen molar-refractivity contribution < 1.29 is 106 Å². The summed E-state index contributed by atoms with van der Waals surface area (Å²) in [7, 11) is -19.0. The molecule has 4 unspecified atom stereocenters. The fraction of sp³-hybridized carbons (Fsp3) is 0.967. The lowest BCUT2D eigenvalue weighted by Gasteiger charge is -2.58. The van der Waals surface area contributed by atoms with E-state index in [1.165, 1.54) is 51.4 Å². The Morgan fingerprint density at radius 3 is 1.19 bits per heavy atom. The van der Waals surface area contributed by atoms with Crippen LogP contribution < -0.4 is 0 Å². The van der Waals surface area contributed by atoms with Gasteiger partial charge in [-0.3, -0.25) is 20.9 Å². The number of fused-ring (bicyclic) bond motifs is 5. The molecule has 5 aliphatic rings. The standard InChI is InChI=1S/C60H110O24S5/c1-45(2)18-11-19-46(3)50-22-23-51-49-21-20-47-44-48(24-26-59(47,4)52(49)25-27-60(50,51)5)73-43-42-72-41-40-71-28-12-29-74-53-54(75-30-13-35-80-85(6,61)62)56(77-32-15-37-82-87(8,65)66)58(79-34-17-39-84-89(10,69)70)57(78-33-16-38-83-88(9,67)68)55(53)76-31-14-36-81-86(7,63)64/h20,45-46,48-58H,11-19,21-44H2,1-10H3/t46-,48-,49+,50-,51+,52+,53?,54?,55?,56?,57?,58?,59+,60-/m1/s1. The zero-order valence-electron chi connectivity index (χ0n) is 54.8. The van der Waals surface area contributed by atoms with Crippen molar-refractivity contribution in [3.63, 3.8) is 0 Å². The van der Waals surface area contributed by atoms with Crippen molar-refractivity contribution in [2.45, 2.75) is 187 Å². The maximum Gasteiger partial charge on any atom is 0.264 e. The average molecular weight is 1380 g/mol. The third kappa shape index (κ3) is 27.9. The first kappa shape index (κ1) is 78.6. The number of ether oxygens (including phenoxy) is 9. The number of hydrogen-bond acceptors (Lipinski definition) is 24. The third-order valence-corrected chi connectivity index (χ3v) is 21.4. The van der Waals surface area contributed by atoms with Gasteiger partial charge in [0, 0.05) is 46.2 Å². The van der Waals surface area contributed by atoms with Crippen LogP contribution in [0.25, 0.3) is 0 Å². The van der Waals surface area contributed by atoms with Crippen LogP contribution in [0.3, 0.4) is 0 Å². The summed E-state index contributed by atoms with van der Waals surface area (Å²) in [5.74, 6) is 4.78. The molecule has 0 aliphatic heterocycles. The summed E-state index contributed by atoms with van der Waals surface area (Å²) < 4.78 is 201. The molecule has 0 spiro atoms. The van der Waals surface area contributed by atoms with E-state index < -0.39 is 87.2 Å². The molecule has 89 heavy (non-hydrogen) atoms. The molecule has 0 aromatic carbocycles. The van der Waals surface area contributed by atoms with Gasteiger partial charge in [0.2, 0.25) is 0 Å². The first-order valence-corrected chi connectivity index (χ1v) is 41.3. The van der Waals surface area contributed by atoms with Crippen molar-refractivity contribution in [2.75, 3.05) is 137 Å². The molecular formula is C60H110O24S5. The second kappa shape index (κ2) is 37.4. The summed E-state index contributed by atoms with van der Waals surface area (Å²) >= 11 is 0. The van der Waals surface area contributed by atoms with E-state index in [-0.39, 0.29) is 123 Å². The lowest BCUT2D eigenvalue weighted by molar-refractivity contribution is -0.283. The van der Waals surface area contributed by atoms with Crippen LogP contribution in [0, 0.1) is 46.3 Å². The second-order valence-corrected chi connectivity index (χ2v) is 34.2. The van der Waals surface area contributed by atoms with Crippen LogP contribution in [0.5, 0.6) is 0 Å². The SMILES string of the molecule is CC(C)CCC[C@@H](C)[C@H]1CC[C@H]2[C@@H]3CC=C4C[C@H](OCCOCCOCCCOC5C(OCCCOS(C)(=O)=O)C(OCCCOS(C)(=O)=O)C(OCCCOS(C)(=O)=O)C(OCCCOS(C)(=O)=O)C5OCCCOS(C)(=O)=O)CC[C@]4(C)[C@H]3CC[C@]12C. The van der Waals surface area contributed by atoms with Gasteiger partial charge in [-0.15, -0.1) is 0 Å². The van der Waals surface area contributed by atoms with Crippen LogP contribution in [0.1, 0.15) is 144 Å². The zero-order chi connectivity index (χ0) is 65.5. The fourth-order valence-electron chi connectivity index (χ4n) is 14.5. The Bertz CT molecular complexity index is 2580. The monoisotopic (exact) mass is 1370 g/mol. The molecule has 24 nitrogen and oxygen atoms in total. The summed E-state index contributed by atoms with van der Waals surface area (Å²) in [5, 5.41) is 0. The smallest absolute Gasteiger partial charge is 0.264 e. The quantitative estimate of drug-likeness (QED) is 0.0337. The molecule has 524 valence electrons. The lowest BCUT2D eigenvalue weighted by Crippen LogP contribution is -2.68. The molecular weight excluding hydrogens is 1260 g/mol. The molecule has 0 bridgehead atoms. The van der Waals surface area contributed by atoms with Gasteiger partial charge in [-0.05, 0) is 136 Å². The number of hydrogen-bond donors (Lipinski definition) is 0. The first-order chi connectivity index (χ1) is 41.8.